The fourth-order valence-corrected chi connectivity index (χ4v) is 5.25. The van der Waals surface area contributed by atoms with Crippen molar-refractivity contribution in [1.82, 2.24) is 19.5 Å². The molecule has 2 atom stereocenters. The van der Waals surface area contributed by atoms with Crippen molar-refractivity contribution in [3.63, 3.8) is 0 Å². The van der Waals surface area contributed by atoms with Crippen LogP contribution in [0.2, 0.25) is 0 Å². The highest BCUT2D eigenvalue weighted by molar-refractivity contribution is 5.84. The normalized spacial score (nSPS) is 17.3. The molecule has 1 N–H and O–H groups in total. The zero-order valence-corrected chi connectivity index (χ0v) is 21.2. The Morgan fingerprint density at radius 2 is 1.59 bits per heavy atom. The SMILES string of the molecule is COc1ccc(C(Nc2nc(F)nc3c2ncn3C2CCC(C=O)O2)(c2ccccc2)c2ccccc2)cc1. The van der Waals surface area contributed by atoms with Crippen molar-refractivity contribution in [2.24, 2.45) is 0 Å². The number of rotatable bonds is 8. The number of ether oxygens (including phenoxy) is 2. The number of carbonyl (C=O) groups excluding carboxylic acids is 1. The van der Waals surface area contributed by atoms with E-state index in [9.17, 15) is 4.79 Å². The van der Waals surface area contributed by atoms with Gasteiger partial charge in [0.2, 0.25) is 0 Å². The molecule has 3 aromatic carbocycles. The Bertz CT molecular complexity index is 1550. The molecule has 2 aromatic heterocycles. The van der Waals surface area contributed by atoms with Gasteiger partial charge in [0.1, 0.15) is 29.9 Å². The summed E-state index contributed by atoms with van der Waals surface area (Å²) in [7, 11) is 1.62. The molecule has 1 aliphatic rings. The first-order valence-corrected chi connectivity index (χ1v) is 12.7. The molecule has 1 fully saturated rings. The largest absolute Gasteiger partial charge is 0.497 e. The van der Waals surface area contributed by atoms with Crippen molar-refractivity contribution in [3.05, 3.63) is 114 Å². The van der Waals surface area contributed by atoms with Crippen LogP contribution < -0.4 is 10.1 Å². The minimum Gasteiger partial charge on any atom is -0.497 e. The number of nitrogens with zero attached hydrogens (tertiary/aromatic N) is 4. The molecular formula is C30H26FN5O3. The summed E-state index contributed by atoms with van der Waals surface area (Å²) < 4.78 is 27.9. The molecule has 5 aromatic rings. The van der Waals surface area contributed by atoms with E-state index in [4.69, 9.17) is 9.47 Å². The van der Waals surface area contributed by atoms with Crippen LogP contribution in [0.25, 0.3) is 11.2 Å². The van der Waals surface area contributed by atoms with Crippen LogP contribution in [0.15, 0.2) is 91.3 Å². The number of hydrogen-bond acceptors (Lipinski definition) is 7. The maximum absolute atomic E-state index is 15.0. The molecule has 1 saturated heterocycles. The fraction of sp³-hybridized carbons (Fsp3) is 0.200. The van der Waals surface area contributed by atoms with Crippen LogP contribution in [0.4, 0.5) is 10.2 Å². The number of aromatic nitrogens is 4. The molecule has 39 heavy (non-hydrogen) atoms. The van der Waals surface area contributed by atoms with E-state index in [1.165, 1.54) is 0 Å². The van der Waals surface area contributed by atoms with Crippen LogP contribution in [-0.4, -0.2) is 39.0 Å². The van der Waals surface area contributed by atoms with Gasteiger partial charge in [0.15, 0.2) is 17.0 Å². The number of imidazole rings is 1. The van der Waals surface area contributed by atoms with Gasteiger partial charge in [-0.1, -0.05) is 72.8 Å². The lowest BCUT2D eigenvalue weighted by Gasteiger charge is -2.37. The third-order valence-corrected chi connectivity index (χ3v) is 7.13. The lowest BCUT2D eigenvalue weighted by molar-refractivity contribution is -0.119. The molecular weight excluding hydrogens is 497 g/mol. The topological polar surface area (TPSA) is 91.2 Å². The van der Waals surface area contributed by atoms with E-state index in [1.54, 1.807) is 18.0 Å². The average molecular weight is 524 g/mol. The monoisotopic (exact) mass is 523 g/mol. The number of fused-ring (bicyclic) bond motifs is 1. The number of carbonyl (C=O) groups is 1. The van der Waals surface area contributed by atoms with Crippen molar-refractivity contribution in [2.75, 3.05) is 12.4 Å². The molecule has 0 saturated carbocycles. The van der Waals surface area contributed by atoms with E-state index in [-0.39, 0.29) is 11.5 Å². The number of aldehydes is 1. The van der Waals surface area contributed by atoms with Gasteiger partial charge in [0.25, 0.3) is 0 Å². The third-order valence-electron chi connectivity index (χ3n) is 7.13. The van der Waals surface area contributed by atoms with Gasteiger partial charge >= 0.3 is 6.08 Å². The highest BCUT2D eigenvalue weighted by atomic mass is 19.1. The van der Waals surface area contributed by atoms with Crippen molar-refractivity contribution >= 4 is 23.3 Å². The third kappa shape index (κ3) is 4.40. The van der Waals surface area contributed by atoms with Crippen LogP contribution in [-0.2, 0) is 15.1 Å². The van der Waals surface area contributed by atoms with Crippen LogP contribution >= 0.6 is 0 Å². The van der Waals surface area contributed by atoms with E-state index < -0.39 is 23.9 Å². The maximum Gasteiger partial charge on any atom is 0.312 e. The van der Waals surface area contributed by atoms with E-state index in [2.05, 4.69) is 20.3 Å². The smallest absolute Gasteiger partial charge is 0.312 e. The first-order chi connectivity index (χ1) is 19.1. The fourth-order valence-electron chi connectivity index (χ4n) is 5.25. The van der Waals surface area contributed by atoms with Crippen molar-refractivity contribution in [1.29, 1.82) is 0 Å². The zero-order chi connectivity index (χ0) is 26.8. The Kier molecular flexibility index (Phi) is 6.50. The Balaban J connectivity index is 1.56. The summed E-state index contributed by atoms with van der Waals surface area (Å²) in [5.41, 5.74) is 2.42. The first-order valence-electron chi connectivity index (χ1n) is 12.7. The molecule has 8 nitrogen and oxygen atoms in total. The van der Waals surface area contributed by atoms with E-state index in [1.807, 2.05) is 84.9 Å². The second-order valence-electron chi connectivity index (χ2n) is 9.34. The molecule has 0 spiro atoms. The summed E-state index contributed by atoms with van der Waals surface area (Å²) in [5.74, 6) is 0.942. The summed E-state index contributed by atoms with van der Waals surface area (Å²) in [6.45, 7) is 0. The van der Waals surface area contributed by atoms with Crippen LogP contribution in [0.1, 0.15) is 35.8 Å². The lowest BCUT2D eigenvalue weighted by atomic mass is 9.77. The predicted molar refractivity (Wildman–Crippen MR) is 144 cm³/mol. The number of benzene rings is 3. The zero-order valence-electron chi connectivity index (χ0n) is 21.2. The Hall–Kier alpha value is -4.63. The van der Waals surface area contributed by atoms with E-state index in [0.29, 0.717) is 24.1 Å². The molecule has 0 aliphatic carbocycles. The second kappa shape index (κ2) is 10.3. The average Bonchev–Trinajstić information content (AvgIpc) is 3.64. The molecule has 2 unspecified atom stereocenters. The molecule has 6 rings (SSSR count). The van der Waals surface area contributed by atoms with Gasteiger partial charge in [-0.15, -0.1) is 0 Å². The van der Waals surface area contributed by atoms with E-state index in [0.717, 1.165) is 23.0 Å². The predicted octanol–water partition coefficient (Wildman–Crippen LogP) is 5.25. The van der Waals surface area contributed by atoms with Gasteiger partial charge in [-0.05, 0) is 41.7 Å². The summed E-state index contributed by atoms with van der Waals surface area (Å²) >= 11 is 0. The molecule has 0 bridgehead atoms. The van der Waals surface area contributed by atoms with Gasteiger partial charge in [-0.25, -0.2) is 4.98 Å². The highest BCUT2D eigenvalue weighted by Gasteiger charge is 2.38. The van der Waals surface area contributed by atoms with Gasteiger partial charge < -0.3 is 19.6 Å². The lowest BCUT2D eigenvalue weighted by Crippen LogP contribution is -2.38. The second-order valence-corrected chi connectivity index (χ2v) is 9.34. The Morgan fingerprint density at radius 1 is 0.949 bits per heavy atom. The van der Waals surface area contributed by atoms with Gasteiger partial charge in [0, 0.05) is 0 Å². The quantitative estimate of drug-likeness (QED) is 0.169. The highest BCUT2D eigenvalue weighted by Crippen LogP contribution is 2.41. The van der Waals surface area contributed by atoms with Crippen LogP contribution in [0, 0.1) is 6.08 Å². The molecule has 0 radical (unpaired) electrons. The summed E-state index contributed by atoms with van der Waals surface area (Å²) in [6, 6.07) is 27.6. The molecule has 196 valence electrons. The van der Waals surface area contributed by atoms with E-state index >= 15 is 4.39 Å². The molecule has 9 heteroatoms. The minimum atomic E-state index is -0.973. The minimum absolute atomic E-state index is 0.227. The van der Waals surface area contributed by atoms with Gasteiger partial charge in [-0.2, -0.15) is 14.4 Å². The maximum atomic E-state index is 15.0. The van der Waals surface area contributed by atoms with Crippen molar-refractivity contribution < 1.29 is 18.7 Å². The number of nitrogens with one attached hydrogen (secondary N) is 1. The van der Waals surface area contributed by atoms with Gasteiger partial charge in [0.05, 0.1) is 13.4 Å². The Morgan fingerprint density at radius 3 is 2.18 bits per heavy atom. The molecule has 3 heterocycles. The standard InChI is InChI=1S/C30H26FN5O3/c1-38-23-14-12-22(13-15-23)30(20-8-4-2-5-9-20,21-10-6-3-7-11-21)35-27-26-28(34-29(31)33-27)36(19-32-26)25-17-16-24(18-37)39-25/h2-15,18-19,24-25H,16-17H2,1H3,(H,33,34,35). The molecule has 1 aliphatic heterocycles. The number of methoxy groups -OCH3 is 1. The summed E-state index contributed by atoms with van der Waals surface area (Å²) in [5, 5.41) is 3.58. The van der Waals surface area contributed by atoms with Gasteiger partial charge in [-0.3, -0.25) is 4.57 Å². The number of hydrogen-bond donors (Lipinski definition) is 1. The van der Waals surface area contributed by atoms with Crippen LogP contribution in [0.3, 0.4) is 0 Å². The number of anilines is 1. The van der Waals surface area contributed by atoms with Crippen LogP contribution in [0.5, 0.6) is 5.75 Å². The van der Waals surface area contributed by atoms with Crippen molar-refractivity contribution in [2.45, 2.75) is 30.7 Å². The Labute approximate surface area is 224 Å². The number of halogens is 1. The first kappa shape index (κ1) is 24.7. The summed E-state index contributed by atoms with van der Waals surface area (Å²) in [4.78, 5) is 24.1. The van der Waals surface area contributed by atoms with Crippen molar-refractivity contribution in [3.8, 4) is 5.75 Å². The molecule has 0 amide bonds. The summed E-state index contributed by atoms with van der Waals surface area (Å²) in [6.07, 6.45) is 1.63.